The van der Waals surface area contributed by atoms with Crippen LogP contribution in [0.1, 0.15) is 11.8 Å². The van der Waals surface area contributed by atoms with Gasteiger partial charge in [0.15, 0.2) is 0 Å². The molecule has 1 atom stereocenters. The lowest BCUT2D eigenvalue weighted by Gasteiger charge is -2.12. The van der Waals surface area contributed by atoms with Crippen LogP contribution in [-0.2, 0) is 15.3 Å². The fourth-order valence-electron chi connectivity index (χ4n) is 1.13. The van der Waals surface area contributed by atoms with Crippen molar-refractivity contribution >= 4 is 50.9 Å². The van der Waals surface area contributed by atoms with Gasteiger partial charge in [-0.2, -0.15) is 11.8 Å². The van der Waals surface area contributed by atoms with Crippen molar-refractivity contribution in [2.24, 2.45) is 0 Å². The molecule has 1 aromatic heterocycles. The molecule has 0 bridgehead atoms. The van der Waals surface area contributed by atoms with E-state index in [4.69, 9.17) is 5.11 Å². The number of aliphatic carboxylic acids is 1. The molecule has 0 spiro atoms. The van der Waals surface area contributed by atoms with E-state index in [2.05, 4.69) is 21.2 Å². The summed E-state index contributed by atoms with van der Waals surface area (Å²) in [5, 5.41) is 11.3. The summed E-state index contributed by atoms with van der Waals surface area (Å²) in [6.07, 6.45) is 0. The third kappa shape index (κ3) is 5.56. The molecule has 94 valence electrons. The maximum Gasteiger partial charge on any atom is 0.327 e. The maximum absolute atomic E-state index is 10.8. The second-order valence-electron chi connectivity index (χ2n) is 3.31. The maximum atomic E-state index is 10.8. The van der Waals surface area contributed by atoms with Gasteiger partial charge in [0.05, 0.1) is 3.79 Å². The van der Waals surface area contributed by atoms with Gasteiger partial charge < -0.3 is 10.4 Å². The fourth-order valence-corrected chi connectivity index (χ4v) is 3.77. The second kappa shape index (κ2) is 7.03. The third-order valence-corrected chi connectivity index (χ3v) is 4.72. The lowest BCUT2D eigenvalue weighted by atomic mass is 10.3. The molecule has 1 heterocycles. The molecular weight excluding hydrogens is 326 g/mol. The van der Waals surface area contributed by atoms with E-state index in [1.807, 2.05) is 12.1 Å². The quantitative estimate of drug-likeness (QED) is 0.836. The van der Waals surface area contributed by atoms with Crippen LogP contribution >= 0.6 is 39.0 Å². The Morgan fingerprint density at radius 3 is 2.76 bits per heavy atom. The van der Waals surface area contributed by atoms with Gasteiger partial charge in [0, 0.05) is 23.3 Å². The minimum Gasteiger partial charge on any atom is -0.480 e. The summed E-state index contributed by atoms with van der Waals surface area (Å²) in [5.74, 6) is -0.207. The molecule has 0 aliphatic heterocycles. The fraction of sp³-hybridized carbons (Fsp3) is 0.400. The van der Waals surface area contributed by atoms with Gasteiger partial charge in [0.1, 0.15) is 6.04 Å². The number of thioether (sulfide) groups is 1. The number of halogens is 1. The van der Waals surface area contributed by atoms with E-state index in [0.29, 0.717) is 5.75 Å². The molecule has 0 saturated heterocycles. The van der Waals surface area contributed by atoms with Crippen LogP contribution in [-0.4, -0.2) is 28.8 Å². The van der Waals surface area contributed by atoms with Crippen LogP contribution in [0.4, 0.5) is 0 Å². The van der Waals surface area contributed by atoms with E-state index in [-0.39, 0.29) is 5.91 Å². The number of carbonyl (C=O) groups is 2. The van der Waals surface area contributed by atoms with Gasteiger partial charge in [-0.05, 0) is 28.1 Å². The van der Waals surface area contributed by atoms with Crippen molar-refractivity contribution in [1.29, 1.82) is 0 Å². The Balaban J connectivity index is 2.37. The summed E-state index contributed by atoms with van der Waals surface area (Å²) < 4.78 is 1.06. The SMILES string of the molecule is CC(=O)N[C@@H](CSCc1ccc(Br)s1)C(=O)O. The first-order chi connectivity index (χ1) is 7.99. The molecule has 1 rings (SSSR count). The Bertz CT molecular complexity index is 408. The number of thiophene rings is 1. The van der Waals surface area contributed by atoms with Gasteiger partial charge >= 0.3 is 5.97 Å². The zero-order valence-corrected chi connectivity index (χ0v) is 12.3. The van der Waals surface area contributed by atoms with E-state index >= 15 is 0 Å². The van der Waals surface area contributed by atoms with Gasteiger partial charge in [-0.3, -0.25) is 4.79 Å². The van der Waals surface area contributed by atoms with Gasteiger partial charge in [-0.25, -0.2) is 4.79 Å². The van der Waals surface area contributed by atoms with Crippen LogP contribution in [0, 0.1) is 0 Å². The lowest BCUT2D eigenvalue weighted by Crippen LogP contribution is -2.41. The first kappa shape index (κ1) is 14.5. The van der Waals surface area contributed by atoms with Crippen LogP contribution in [0.5, 0.6) is 0 Å². The smallest absolute Gasteiger partial charge is 0.327 e. The first-order valence-electron chi connectivity index (χ1n) is 4.81. The summed E-state index contributed by atoms with van der Waals surface area (Å²) in [6, 6.07) is 3.14. The van der Waals surface area contributed by atoms with Crippen molar-refractivity contribution < 1.29 is 14.7 Å². The number of carboxylic acid groups (broad SMARTS) is 1. The summed E-state index contributed by atoms with van der Waals surface area (Å²) in [5.41, 5.74) is 0. The normalized spacial score (nSPS) is 12.1. The number of hydrogen-bond acceptors (Lipinski definition) is 4. The standard InChI is InChI=1S/C10H12BrNO3S2/c1-6(13)12-8(10(14)15)5-16-4-7-2-3-9(11)17-7/h2-3,8H,4-5H2,1H3,(H,12,13)(H,14,15)/t8-/m0/s1. The highest BCUT2D eigenvalue weighted by molar-refractivity contribution is 9.11. The molecule has 0 aliphatic carbocycles. The molecule has 0 aromatic carbocycles. The number of amides is 1. The highest BCUT2D eigenvalue weighted by atomic mass is 79.9. The Morgan fingerprint density at radius 1 is 1.59 bits per heavy atom. The van der Waals surface area contributed by atoms with Crippen LogP contribution in [0.25, 0.3) is 0 Å². The van der Waals surface area contributed by atoms with Crippen molar-refractivity contribution in [3.8, 4) is 0 Å². The van der Waals surface area contributed by atoms with Crippen molar-refractivity contribution in [2.45, 2.75) is 18.7 Å². The highest BCUT2D eigenvalue weighted by Crippen LogP contribution is 2.25. The number of nitrogens with one attached hydrogen (secondary N) is 1. The zero-order valence-electron chi connectivity index (χ0n) is 9.10. The molecular formula is C10H12BrNO3S2. The number of carboxylic acids is 1. The summed E-state index contributed by atoms with van der Waals surface area (Å²) in [6.45, 7) is 1.32. The number of rotatable bonds is 6. The molecule has 4 nitrogen and oxygen atoms in total. The topological polar surface area (TPSA) is 66.4 Å². The molecule has 2 N–H and O–H groups in total. The number of carbonyl (C=O) groups excluding carboxylic acids is 1. The molecule has 0 aliphatic rings. The second-order valence-corrected chi connectivity index (χ2v) is 6.89. The Hall–Kier alpha value is -0.530. The van der Waals surface area contributed by atoms with Crippen molar-refractivity contribution in [2.75, 3.05) is 5.75 Å². The van der Waals surface area contributed by atoms with E-state index < -0.39 is 12.0 Å². The van der Waals surface area contributed by atoms with E-state index in [1.165, 1.54) is 23.6 Å². The monoisotopic (exact) mass is 337 g/mol. The van der Waals surface area contributed by atoms with Gasteiger partial charge in [-0.15, -0.1) is 11.3 Å². The zero-order chi connectivity index (χ0) is 12.8. The molecule has 7 heteroatoms. The molecule has 17 heavy (non-hydrogen) atoms. The first-order valence-corrected chi connectivity index (χ1v) is 7.57. The minimum absolute atomic E-state index is 0.322. The van der Waals surface area contributed by atoms with E-state index in [1.54, 1.807) is 11.3 Å². The Labute approximate surface area is 116 Å². The average molecular weight is 338 g/mol. The van der Waals surface area contributed by atoms with Crippen molar-refractivity contribution in [1.82, 2.24) is 5.32 Å². The van der Waals surface area contributed by atoms with Crippen LogP contribution in [0.3, 0.4) is 0 Å². The lowest BCUT2D eigenvalue weighted by molar-refractivity contribution is -0.140. The summed E-state index contributed by atoms with van der Waals surface area (Å²) >= 11 is 6.48. The minimum atomic E-state index is -1.000. The molecule has 0 saturated carbocycles. The molecule has 1 amide bonds. The van der Waals surface area contributed by atoms with E-state index in [0.717, 1.165) is 9.54 Å². The highest BCUT2D eigenvalue weighted by Gasteiger charge is 2.18. The van der Waals surface area contributed by atoms with Crippen molar-refractivity contribution in [3.05, 3.63) is 20.8 Å². The van der Waals surface area contributed by atoms with Crippen LogP contribution < -0.4 is 5.32 Å². The van der Waals surface area contributed by atoms with E-state index in [9.17, 15) is 9.59 Å². The predicted molar refractivity (Wildman–Crippen MR) is 73.4 cm³/mol. The third-order valence-electron chi connectivity index (χ3n) is 1.83. The Kier molecular flexibility index (Phi) is 6.01. The predicted octanol–water partition coefficient (Wildman–Crippen LogP) is 2.33. The van der Waals surface area contributed by atoms with Crippen LogP contribution in [0.15, 0.2) is 15.9 Å². The molecule has 0 fully saturated rings. The Morgan fingerprint density at radius 2 is 2.29 bits per heavy atom. The van der Waals surface area contributed by atoms with Crippen molar-refractivity contribution in [3.63, 3.8) is 0 Å². The van der Waals surface area contributed by atoms with Gasteiger partial charge in [0.2, 0.25) is 5.91 Å². The molecule has 1 aromatic rings. The summed E-state index contributed by atoms with van der Waals surface area (Å²) in [7, 11) is 0. The largest absolute Gasteiger partial charge is 0.480 e. The average Bonchev–Trinajstić information content (AvgIpc) is 2.62. The summed E-state index contributed by atoms with van der Waals surface area (Å²) in [4.78, 5) is 22.8. The van der Waals surface area contributed by atoms with Crippen LogP contribution in [0.2, 0.25) is 0 Å². The molecule has 0 radical (unpaired) electrons. The molecule has 0 unspecified atom stereocenters. The number of hydrogen-bond donors (Lipinski definition) is 2. The van der Waals surface area contributed by atoms with Gasteiger partial charge in [0.25, 0.3) is 0 Å². The van der Waals surface area contributed by atoms with Gasteiger partial charge in [-0.1, -0.05) is 0 Å².